The summed E-state index contributed by atoms with van der Waals surface area (Å²) in [7, 11) is 3.56. The summed E-state index contributed by atoms with van der Waals surface area (Å²) in [6.07, 6.45) is 3.36. The van der Waals surface area contributed by atoms with Crippen LogP contribution in [0.5, 0.6) is 0 Å². The minimum absolute atomic E-state index is 0.294. The van der Waals surface area contributed by atoms with Crippen LogP contribution in [0, 0.1) is 0 Å². The minimum atomic E-state index is -0.316. The zero-order chi connectivity index (χ0) is 17.8. The van der Waals surface area contributed by atoms with Crippen molar-refractivity contribution in [1.29, 1.82) is 0 Å². The lowest BCUT2D eigenvalue weighted by atomic mass is 10.2. The predicted molar refractivity (Wildman–Crippen MR) is 93.2 cm³/mol. The molecule has 0 spiro atoms. The second-order valence-electron chi connectivity index (χ2n) is 5.75. The van der Waals surface area contributed by atoms with E-state index in [2.05, 4.69) is 25.8 Å². The summed E-state index contributed by atoms with van der Waals surface area (Å²) < 4.78 is 8.84. The van der Waals surface area contributed by atoms with Crippen molar-refractivity contribution in [2.24, 2.45) is 7.05 Å². The molecule has 25 heavy (non-hydrogen) atoms. The van der Waals surface area contributed by atoms with E-state index in [1.807, 2.05) is 41.3 Å². The second-order valence-corrected chi connectivity index (χ2v) is 5.75. The summed E-state index contributed by atoms with van der Waals surface area (Å²) >= 11 is 0. The molecule has 3 aromatic rings. The highest BCUT2D eigenvalue weighted by Crippen LogP contribution is 2.17. The molecule has 9 heteroatoms. The number of amides is 2. The number of ether oxygens (including phenoxy) is 1. The smallest absolute Gasteiger partial charge is 0.319 e. The Morgan fingerprint density at radius 3 is 3.00 bits per heavy atom. The van der Waals surface area contributed by atoms with Crippen molar-refractivity contribution in [3.8, 4) is 0 Å². The number of methoxy groups -OCH3 is 1. The number of carbonyl (C=O) groups is 1. The third-order valence-electron chi connectivity index (χ3n) is 3.90. The van der Waals surface area contributed by atoms with E-state index in [9.17, 15) is 4.79 Å². The maximum Gasteiger partial charge on any atom is 0.319 e. The fraction of sp³-hybridized carbons (Fsp3) is 0.375. The second kappa shape index (κ2) is 7.31. The van der Waals surface area contributed by atoms with Crippen LogP contribution in [-0.4, -0.2) is 44.1 Å². The Hall–Kier alpha value is -2.94. The molecule has 0 aliphatic heterocycles. The Morgan fingerprint density at radius 1 is 1.36 bits per heavy atom. The Balaban J connectivity index is 1.64. The van der Waals surface area contributed by atoms with E-state index in [1.54, 1.807) is 19.8 Å². The third-order valence-corrected chi connectivity index (χ3v) is 3.90. The lowest BCUT2D eigenvalue weighted by Gasteiger charge is -2.15. The average molecular weight is 343 g/mol. The van der Waals surface area contributed by atoms with Crippen molar-refractivity contribution >= 4 is 22.8 Å². The first-order valence-corrected chi connectivity index (χ1v) is 7.93. The van der Waals surface area contributed by atoms with Crippen molar-refractivity contribution < 1.29 is 9.53 Å². The molecule has 2 N–H and O–H groups in total. The van der Waals surface area contributed by atoms with Crippen LogP contribution in [0.2, 0.25) is 0 Å². The van der Waals surface area contributed by atoms with Crippen LogP contribution >= 0.6 is 0 Å². The van der Waals surface area contributed by atoms with Gasteiger partial charge in [-0.05, 0) is 25.1 Å². The zero-order valence-corrected chi connectivity index (χ0v) is 14.4. The number of aryl methyl sites for hydroxylation is 1. The molecule has 2 aromatic heterocycles. The Morgan fingerprint density at radius 2 is 2.20 bits per heavy atom. The largest absolute Gasteiger partial charge is 0.383 e. The van der Waals surface area contributed by atoms with Crippen LogP contribution in [0.1, 0.15) is 18.8 Å². The van der Waals surface area contributed by atoms with Crippen molar-refractivity contribution in [3.05, 3.63) is 36.7 Å². The highest BCUT2D eigenvalue weighted by Gasteiger charge is 2.16. The highest BCUT2D eigenvalue weighted by molar-refractivity contribution is 5.92. The summed E-state index contributed by atoms with van der Waals surface area (Å²) in [6.45, 7) is 3.03. The number of hydrogen-bond acceptors (Lipinski definition) is 5. The van der Waals surface area contributed by atoms with E-state index in [4.69, 9.17) is 4.74 Å². The summed E-state index contributed by atoms with van der Waals surface area (Å²) in [5.74, 6) is 0.673. The third kappa shape index (κ3) is 3.77. The van der Waals surface area contributed by atoms with Gasteiger partial charge in [0, 0.05) is 26.4 Å². The topological polar surface area (TPSA) is 98.9 Å². The number of anilines is 1. The minimum Gasteiger partial charge on any atom is -0.383 e. The summed E-state index contributed by atoms with van der Waals surface area (Å²) in [6, 6.07) is 4.99. The van der Waals surface area contributed by atoms with E-state index in [-0.39, 0.29) is 12.1 Å². The number of benzene rings is 1. The van der Waals surface area contributed by atoms with Gasteiger partial charge in [0.1, 0.15) is 6.33 Å². The average Bonchev–Trinajstić information content (AvgIpc) is 3.19. The number of urea groups is 1. The molecule has 0 saturated heterocycles. The highest BCUT2D eigenvalue weighted by atomic mass is 16.5. The first-order chi connectivity index (χ1) is 12.1. The molecule has 3 rings (SSSR count). The van der Waals surface area contributed by atoms with Gasteiger partial charge in [0.25, 0.3) is 0 Å². The standard InChI is InChI=1S/C16H21N7O2/c1-11(15-21-18-10-23(15)6-7-25-3)19-16(24)20-12-4-5-14-13(8-12)17-9-22(14)2/h4-5,8-11H,6-7H2,1-3H3,(H2,19,20,24). The maximum absolute atomic E-state index is 12.3. The molecule has 1 atom stereocenters. The quantitative estimate of drug-likeness (QED) is 0.710. The number of hydrogen-bond donors (Lipinski definition) is 2. The molecule has 0 fully saturated rings. The van der Waals surface area contributed by atoms with Crippen LogP contribution in [-0.2, 0) is 18.3 Å². The van der Waals surface area contributed by atoms with E-state index >= 15 is 0 Å². The summed E-state index contributed by atoms with van der Waals surface area (Å²) in [5.41, 5.74) is 2.51. The number of rotatable bonds is 6. The van der Waals surface area contributed by atoms with Gasteiger partial charge in [0.2, 0.25) is 0 Å². The van der Waals surface area contributed by atoms with E-state index < -0.39 is 0 Å². The molecule has 132 valence electrons. The molecule has 0 radical (unpaired) electrons. The van der Waals surface area contributed by atoms with Gasteiger partial charge < -0.3 is 24.5 Å². The van der Waals surface area contributed by atoms with Gasteiger partial charge in [-0.2, -0.15) is 0 Å². The van der Waals surface area contributed by atoms with Crippen LogP contribution in [0.15, 0.2) is 30.9 Å². The molecular formula is C16H21N7O2. The molecule has 0 aliphatic carbocycles. The monoisotopic (exact) mass is 343 g/mol. The summed E-state index contributed by atoms with van der Waals surface area (Å²) in [4.78, 5) is 16.5. The first kappa shape index (κ1) is 16.9. The van der Waals surface area contributed by atoms with Crippen molar-refractivity contribution in [1.82, 2.24) is 29.6 Å². The van der Waals surface area contributed by atoms with E-state index in [0.717, 1.165) is 11.0 Å². The molecule has 2 heterocycles. The van der Waals surface area contributed by atoms with Crippen molar-refractivity contribution in [2.75, 3.05) is 19.0 Å². The number of imidazole rings is 1. The number of nitrogens with one attached hydrogen (secondary N) is 2. The molecular weight excluding hydrogens is 322 g/mol. The molecule has 0 saturated carbocycles. The lowest BCUT2D eigenvalue weighted by Crippen LogP contribution is -2.32. The van der Waals surface area contributed by atoms with Gasteiger partial charge >= 0.3 is 6.03 Å². The fourth-order valence-corrected chi connectivity index (χ4v) is 2.60. The van der Waals surface area contributed by atoms with E-state index in [0.29, 0.717) is 24.7 Å². The zero-order valence-electron chi connectivity index (χ0n) is 14.4. The van der Waals surface area contributed by atoms with Crippen LogP contribution in [0.4, 0.5) is 10.5 Å². The van der Waals surface area contributed by atoms with Gasteiger partial charge in [-0.15, -0.1) is 10.2 Å². The number of nitrogens with zero attached hydrogens (tertiary/aromatic N) is 5. The lowest BCUT2D eigenvalue weighted by molar-refractivity contribution is 0.185. The van der Waals surface area contributed by atoms with Gasteiger partial charge in [-0.3, -0.25) is 0 Å². The number of fused-ring (bicyclic) bond motifs is 1. The summed E-state index contributed by atoms with van der Waals surface area (Å²) in [5, 5.41) is 13.7. The molecule has 0 bridgehead atoms. The Bertz CT molecular complexity index is 870. The van der Waals surface area contributed by atoms with Crippen molar-refractivity contribution in [3.63, 3.8) is 0 Å². The number of carbonyl (C=O) groups excluding carboxylic acids is 1. The SMILES string of the molecule is COCCn1cnnc1C(C)NC(=O)Nc1ccc2c(c1)ncn2C. The molecule has 1 aromatic carbocycles. The Kier molecular flexibility index (Phi) is 4.94. The predicted octanol–water partition coefficient (Wildman–Crippen LogP) is 1.69. The van der Waals surface area contributed by atoms with Gasteiger partial charge in [-0.1, -0.05) is 0 Å². The molecule has 9 nitrogen and oxygen atoms in total. The van der Waals surface area contributed by atoms with E-state index in [1.165, 1.54) is 0 Å². The maximum atomic E-state index is 12.3. The van der Waals surface area contributed by atoms with Crippen molar-refractivity contribution in [2.45, 2.75) is 19.5 Å². The molecule has 0 aliphatic rings. The van der Waals surface area contributed by atoms with Crippen LogP contribution in [0.25, 0.3) is 11.0 Å². The number of aromatic nitrogens is 5. The molecule has 1 unspecified atom stereocenters. The molecule has 2 amide bonds. The fourth-order valence-electron chi connectivity index (χ4n) is 2.60. The normalized spacial score (nSPS) is 12.3. The van der Waals surface area contributed by atoms with Gasteiger partial charge in [0.05, 0.1) is 30.0 Å². The van der Waals surface area contributed by atoms with Gasteiger partial charge in [-0.25, -0.2) is 9.78 Å². The Labute approximate surface area is 145 Å². The first-order valence-electron chi connectivity index (χ1n) is 7.93. The van der Waals surface area contributed by atoms with Gasteiger partial charge in [0.15, 0.2) is 5.82 Å². The van der Waals surface area contributed by atoms with Crippen LogP contribution < -0.4 is 10.6 Å². The van der Waals surface area contributed by atoms with Crippen LogP contribution in [0.3, 0.4) is 0 Å².